The predicted octanol–water partition coefficient (Wildman–Crippen LogP) is 5.51. The van der Waals surface area contributed by atoms with Crippen LogP contribution in [0.5, 0.6) is 11.5 Å². The van der Waals surface area contributed by atoms with Gasteiger partial charge in [-0.15, -0.1) is 0 Å². The van der Waals surface area contributed by atoms with E-state index in [0.29, 0.717) is 26.9 Å². The van der Waals surface area contributed by atoms with E-state index < -0.39 is 10.0 Å². The Hall–Kier alpha value is -3.16. The van der Waals surface area contributed by atoms with Crippen molar-refractivity contribution in [2.24, 2.45) is 0 Å². The van der Waals surface area contributed by atoms with E-state index in [-0.39, 0.29) is 16.4 Å². The minimum Gasteiger partial charge on any atom is -0.508 e. The fraction of sp³-hybridized carbons (Fsp3) is 0.0435. The zero-order valence-corrected chi connectivity index (χ0v) is 17.7. The summed E-state index contributed by atoms with van der Waals surface area (Å²) in [6, 6.07) is 22.4. The summed E-state index contributed by atoms with van der Waals surface area (Å²) in [5.41, 5.74) is 0.867. The number of phenols is 2. The molecule has 7 heteroatoms. The molecule has 0 heterocycles. The van der Waals surface area contributed by atoms with Crippen molar-refractivity contribution in [1.82, 2.24) is 0 Å². The molecule has 0 fully saturated rings. The van der Waals surface area contributed by atoms with E-state index in [1.807, 2.05) is 30.3 Å². The highest BCUT2D eigenvalue weighted by Gasteiger charge is 2.21. The summed E-state index contributed by atoms with van der Waals surface area (Å²) in [7, 11) is -3.96. The fourth-order valence-electron chi connectivity index (χ4n) is 3.19. The smallest absolute Gasteiger partial charge is 0.262 e. The number of benzene rings is 4. The Labute approximate surface area is 179 Å². The first-order chi connectivity index (χ1) is 14.3. The first-order valence-electron chi connectivity index (χ1n) is 9.15. The van der Waals surface area contributed by atoms with Gasteiger partial charge < -0.3 is 10.2 Å². The molecule has 4 rings (SSSR count). The molecule has 0 saturated heterocycles. The van der Waals surface area contributed by atoms with Crippen LogP contribution in [0.2, 0.25) is 0 Å². The van der Waals surface area contributed by atoms with Gasteiger partial charge in [-0.1, -0.05) is 60.3 Å². The van der Waals surface area contributed by atoms with Crippen LogP contribution in [0.25, 0.3) is 10.8 Å². The average molecular weight is 438 g/mol. The first kappa shape index (κ1) is 20.1. The monoisotopic (exact) mass is 437 g/mol. The third-order valence-corrected chi connectivity index (χ3v) is 7.20. The van der Waals surface area contributed by atoms with Gasteiger partial charge in [-0.2, -0.15) is 0 Å². The lowest BCUT2D eigenvalue weighted by Crippen LogP contribution is -2.14. The van der Waals surface area contributed by atoms with Gasteiger partial charge in [0.1, 0.15) is 11.5 Å². The highest BCUT2D eigenvalue weighted by molar-refractivity contribution is 7.99. The van der Waals surface area contributed by atoms with E-state index >= 15 is 0 Å². The van der Waals surface area contributed by atoms with Crippen molar-refractivity contribution in [2.45, 2.75) is 21.6 Å². The maximum atomic E-state index is 13.1. The number of hydrogen-bond acceptors (Lipinski definition) is 5. The molecule has 0 saturated carbocycles. The van der Waals surface area contributed by atoms with E-state index in [1.54, 1.807) is 43.3 Å². The van der Waals surface area contributed by atoms with Crippen molar-refractivity contribution >= 4 is 38.2 Å². The molecule has 0 unspecified atom stereocenters. The average Bonchev–Trinajstić information content (AvgIpc) is 2.74. The highest BCUT2D eigenvalue weighted by atomic mass is 32.2. The quantitative estimate of drug-likeness (QED) is 0.358. The van der Waals surface area contributed by atoms with Crippen molar-refractivity contribution in [1.29, 1.82) is 0 Å². The Morgan fingerprint density at radius 3 is 2.23 bits per heavy atom. The molecule has 0 aliphatic rings. The van der Waals surface area contributed by atoms with Crippen LogP contribution in [0.3, 0.4) is 0 Å². The summed E-state index contributed by atoms with van der Waals surface area (Å²) in [5.74, 6) is -0.0344. The molecule has 0 aliphatic carbocycles. The first-order valence-corrected chi connectivity index (χ1v) is 11.5. The summed E-state index contributed by atoms with van der Waals surface area (Å²) < 4.78 is 28.8. The third kappa shape index (κ3) is 3.94. The lowest BCUT2D eigenvalue weighted by Gasteiger charge is -2.16. The summed E-state index contributed by atoms with van der Waals surface area (Å²) in [6.45, 7) is 1.67. The molecular formula is C23H19NO4S2. The molecule has 0 spiro atoms. The van der Waals surface area contributed by atoms with Crippen molar-refractivity contribution in [3.8, 4) is 11.5 Å². The molecule has 0 aromatic heterocycles. The van der Waals surface area contributed by atoms with Gasteiger partial charge in [0.2, 0.25) is 0 Å². The maximum Gasteiger partial charge on any atom is 0.262 e. The Morgan fingerprint density at radius 1 is 0.833 bits per heavy atom. The Kier molecular flexibility index (Phi) is 5.32. The zero-order chi connectivity index (χ0) is 21.3. The minimum atomic E-state index is -3.96. The minimum absolute atomic E-state index is 0.00285. The molecule has 0 aliphatic heterocycles. The second-order valence-corrected chi connectivity index (χ2v) is 9.55. The molecule has 0 bridgehead atoms. The lowest BCUT2D eigenvalue weighted by molar-refractivity contribution is 0.469. The Bertz CT molecular complexity index is 1340. The van der Waals surface area contributed by atoms with Gasteiger partial charge in [0.15, 0.2) is 0 Å². The van der Waals surface area contributed by atoms with Crippen molar-refractivity contribution in [3.05, 3.63) is 84.4 Å². The number of hydrogen-bond donors (Lipinski definition) is 3. The SMILES string of the molecule is Cc1ccc(O)cc1S(=O)(=O)Nc1cc(Sc2ccccc2)c(O)c2ccccc12. The Morgan fingerprint density at radius 2 is 1.50 bits per heavy atom. The predicted molar refractivity (Wildman–Crippen MR) is 120 cm³/mol. The van der Waals surface area contributed by atoms with Gasteiger partial charge in [-0.3, -0.25) is 4.72 Å². The summed E-state index contributed by atoms with van der Waals surface area (Å²) in [5, 5.41) is 21.7. The largest absolute Gasteiger partial charge is 0.508 e. The standard InChI is InChI=1S/C23H19NO4S2/c1-15-11-12-16(25)13-22(15)30(27,28)24-20-14-21(29-17-7-3-2-4-8-17)23(26)19-10-6-5-9-18(19)20/h2-14,24-26H,1H3. The molecule has 4 aromatic rings. The maximum absolute atomic E-state index is 13.1. The van der Waals surface area contributed by atoms with Gasteiger partial charge in [0, 0.05) is 21.7 Å². The fourth-order valence-corrected chi connectivity index (χ4v) is 5.46. The summed E-state index contributed by atoms with van der Waals surface area (Å²) >= 11 is 1.35. The lowest BCUT2D eigenvalue weighted by atomic mass is 10.1. The number of fused-ring (bicyclic) bond motifs is 1. The van der Waals surface area contributed by atoms with Crippen LogP contribution in [0.1, 0.15) is 5.56 Å². The molecule has 0 amide bonds. The van der Waals surface area contributed by atoms with Crippen molar-refractivity contribution < 1.29 is 18.6 Å². The van der Waals surface area contributed by atoms with E-state index in [1.165, 1.54) is 23.9 Å². The molecule has 30 heavy (non-hydrogen) atoms. The third-order valence-electron chi connectivity index (χ3n) is 4.66. The van der Waals surface area contributed by atoms with Gasteiger partial charge in [0.05, 0.1) is 15.5 Å². The number of phenolic OH excluding ortho intramolecular Hbond substituents is 2. The van der Waals surface area contributed by atoms with E-state index in [2.05, 4.69) is 4.72 Å². The number of rotatable bonds is 5. The van der Waals surface area contributed by atoms with E-state index in [0.717, 1.165) is 4.90 Å². The van der Waals surface area contributed by atoms with Crippen LogP contribution in [0.4, 0.5) is 5.69 Å². The van der Waals surface area contributed by atoms with Gasteiger partial charge >= 0.3 is 0 Å². The molecular weight excluding hydrogens is 418 g/mol. The van der Waals surface area contributed by atoms with Gasteiger partial charge in [-0.05, 0) is 36.8 Å². The summed E-state index contributed by atoms with van der Waals surface area (Å²) in [4.78, 5) is 1.45. The van der Waals surface area contributed by atoms with Crippen LogP contribution < -0.4 is 4.72 Å². The number of sulfonamides is 1. The summed E-state index contributed by atoms with van der Waals surface area (Å²) in [6.07, 6.45) is 0. The van der Waals surface area contributed by atoms with Crippen molar-refractivity contribution in [2.75, 3.05) is 4.72 Å². The van der Waals surface area contributed by atoms with Crippen molar-refractivity contribution in [3.63, 3.8) is 0 Å². The Balaban J connectivity index is 1.84. The molecule has 4 aromatic carbocycles. The number of anilines is 1. The topological polar surface area (TPSA) is 86.6 Å². The highest BCUT2D eigenvalue weighted by Crippen LogP contribution is 2.43. The van der Waals surface area contributed by atoms with Crippen LogP contribution in [-0.4, -0.2) is 18.6 Å². The number of aromatic hydroxyl groups is 2. The molecule has 5 nitrogen and oxygen atoms in total. The second kappa shape index (κ2) is 7.93. The van der Waals surface area contributed by atoms with Crippen LogP contribution in [0.15, 0.2) is 93.5 Å². The van der Waals surface area contributed by atoms with Gasteiger partial charge in [0.25, 0.3) is 10.0 Å². The van der Waals surface area contributed by atoms with Gasteiger partial charge in [-0.25, -0.2) is 8.42 Å². The molecule has 152 valence electrons. The normalized spacial score (nSPS) is 11.5. The van der Waals surface area contributed by atoms with Crippen LogP contribution >= 0.6 is 11.8 Å². The second-order valence-electron chi connectivity index (χ2n) is 6.79. The van der Waals surface area contributed by atoms with E-state index in [9.17, 15) is 18.6 Å². The zero-order valence-electron chi connectivity index (χ0n) is 16.0. The molecule has 3 N–H and O–H groups in total. The van der Waals surface area contributed by atoms with Crippen LogP contribution in [-0.2, 0) is 10.0 Å². The molecule has 0 radical (unpaired) electrons. The number of aryl methyl sites for hydroxylation is 1. The molecule has 0 atom stereocenters. The number of nitrogens with one attached hydrogen (secondary N) is 1. The van der Waals surface area contributed by atoms with E-state index in [4.69, 9.17) is 0 Å². The van der Waals surface area contributed by atoms with Crippen LogP contribution in [0, 0.1) is 6.92 Å².